The number of carbonyl (C=O) groups is 1. The van der Waals surface area contributed by atoms with Gasteiger partial charge >= 0.3 is 0 Å². The Morgan fingerprint density at radius 3 is 3.06 bits per heavy atom. The van der Waals surface area contributed by atoms with E-state index in [1.54, 1.807) is 6.92 Å². The first-order valence-corrected chi connectivity index (χ1v) is 6.13. The molecule has 94 valence electrons. The number of hydrogen-bond acceptors (Lipinski definition) is 4. The summed E-state index contributed by atoms with van der Waals surface area (Å²) in [6, 6.07) is 0.0953. The molecule has 2 heterocycles. The molecule has 0 aliphatic carbocycles. The highest BCUT2D eigenvalue weighted by atomic mass is 16.5. The van der Waals surface area contributed by atoms with Gasteiger partial charge in [-0.2, -0.15) is 0 Å². The zero-order valence-electron chi connectivity index (χ0n) is 10.4. The van der Waals surface area contributed by atoms with Crippen molar-refractivity contribution >= 4 is 5.91 Å². The third-order valence-corrected chi connectivity index (χ3v) is 3.21. The Morgan fingerprint density at radius 2 is 2.41 bits per heavy atom. The van der Waals surface area contributed by atoms with Crippen LogP contribution in [0.15, 0.2) is 4.52 Å². The summed E-state index contributed by atoms with van der Waals surface area (Å²) in [5.74, 6) is 0.683. The zero-order valence-corrected chi connectivity index (χ0v) is 10.4. The Balaban J connectivity index is 2.21. The van der Waals surface area contributed by atoms with Gasteiger partial charge in [-0.15, -0.1) is 0 Å². The minimum absolute atomic E-state index is 0.00995. The summed E-state index contributed by atoms with van der Waals surface area (Å²) in [5, 5.41) is 3.87. The van der Waals surface area contributed by atoms with E-state index in [9.17, 15) is 4.79 Å². The first-order chi connectivity index (χ1) is 8.13. The summed E-state index contributed by atoms with van der Waals surface area (Å²) >= 11 is 0. The Bertz CT molecular complexity index is 414. The average molecular weight is 237 g/mol. The van der Waals surface area contributed by atoms with Crippen LogP contribution in [0.4, 0.5) is 0 Å². The number of nitrogens with zero attached hydrogens (tertiary/aromatic N) is 2. The first kappa shape index (κ1) is 12.1. The van der Waals surface area contributed by atoms with Crippen LogP contribution in [0.3, 0.4) is 0 Å². The molecule has 1 amide bonds. The van der Waals surface area contributed by atoms with E-state index < -0.39 is 0 Å². The predicted octanol–water partition coefficient (Wildman–Crippen LogP) is 1.11. The van der Waals surface area contributed by atoms with E-state index in [4.69, 9.17) is 10.3 Å². The van der Waals surface area contributed by atoms with Crippen LogP contribution in [0.5, 0.6) is 0 Å². The summed E-state index contributed by atoms with van der Waals surface area (Å²) < 4.78 is 5.15. The van der Waals surface area contributed by atoms with Gasteiger partial charge in [0.05, 0.1) is 5.69 Å². The molecular formula is C12H19N3O2. The molecule has 17 heavy (non-hydrogen) atoms. The number of likely N-dealkylation sites (tertiary alicyclic amines) is 1. The molecule has 1 aliphatic heterocycles. The number of nitrogens with two attached hydrogens (primary N) is 1. The standard InChI is InChI=1S/C12H19N3O2/c1-3-10-11(8(2)14-17-10)12(16)15-6-4-5-9(13)7-15/h9H,3-7,13H2,1-2H3. The molecule has 1 aromatic heterocycles. The van der Waals surface area contributed by atoms with E-state index in [-0.39, 0.29) is 11.9 Å². The monoisotopic (exact) mass is 237 g/mol. The SMILES string of the molecule is CCc1onc(C)c1C(=O)N1CCCC(N)C1. The molecule has 2 rings (SSSR count). The molecule has 5 heteroatoms. The molecule has 0 saturated carbocycles. The van der Waals surface area contributed by atoms with Crippen molar-refractivity contribution in [3.05, 3.63) is 17.0 Å². The largest absolute Gasteiger partial charge is 0.360 e. The molecule has 1 aliphatic rings. The van der Waals surface area contributed by atoms with Crippen molar-refractivity contribution in [3.63, 3.8) is 0 Å². The van der Waals surface area contributed by atoms with Gasteiger partial charge in [-0.1, -0.05) is 12.1 Å². The minimum atomic E-state index is 0.00995. The molecule has 0 bridgehead atoms. The van der Waals surface area contributed by atoms with Gasteiger partial charge in [0.2, 0.25) is 0 Å². The van der Waals surface area contributed by atoms with Gasteiger partial charge in [0.25, 0.3) is 5.91 Å². The quantitative estimate of drug-likeness (QED) is 0.836. The highest BCUT2D eigenvalue weighted by molar-refractivity contribution is 5.96. The fourth-order valence-corrected chi connectivity index (χ4v) is 2.28. The van der Waals surface area contributed by atoms with E-state index in [0.717, 1.165) is 19.4 Å². The van der Waals surface area contributed by atoms with Gasteiger partial charge in [-0.3, -0.25) is 4.79 Å². The van der Waals surface area contributed by atoms with Crippen molar-refractivity contribution in [1.82, 2.24) is 10.1 Å². The fraction of sp³-hybridized carbons (Fsp3) is 0.667. The maximum absolute atomic E-state index is 12.4. The number of amides is 1. The highest BCUT2D eigenvalue weighted by Gasteiger charge is 2.27. The van der Waals surface area contributed by atoms with Crippen LogP contribution in [0.2, 0.25) is 0 Å². The second-order valence-electron chi connectivity index (χ2n) is 4.57. The topological polar surface area (TPSA) is 72.4 Å². The first-order valence-electron chi connectivity index (χ1n) is 6.13. The summed E-state index contributed by atoms with van der Waals surface area (Å²) in [5.41, 5.74) is 7.19. The molecule has 1 saturated heterocycles. The molecule has 2 N–H and O–H groups in total. The smallest absolute Gasteiger partial charge is 0.259 e. The van der Waals surface area contributed by atoms with Crippen LogP contribution in [0.1, 0.15) is 41.6 Å². The van der Waals surface area contributed by atoms with Crippen molar-refractivity contribution in [2.24, 2.45) is 5.73 Å². The van der Waals surface area contributed by atoms with Crippen LogP contribution in [0.25, 0.3) is 0 Å². The number of aromatic nitrogens is 1. The van der Waals surface area contributed by atoms with Gasteiger partial charge in [-0.25, -0.2) is 0 Å². The molecule has 1 atom stereocenters. The van der Waals surface area contributed by atoms with Gasteiger partial charge in [0, 0.05) is 25.6 Å². The normalized spacial score (nSPS) is 20.6. The zero-order chi connectivity index (χ0) is 12.4. The molecule has 5 nitrogen and oxygen atoms in total. The lowest BCUT2D eigenvalue weighted by atomic mass is 10.0. The Labute approximate surface area is 101 Å². The molecule has 0 aromatic carbocycles. The Morgan fingerprint density at radius 1 is 1.65 bits per heavy atom. The van der Waals surface area contributed by atoms with Gasteiger partial charge in [-0.05, 0) is 19.8 Å². The van der Waals surface area contributed by atoms with Crippen molar-refractivity contribution < 1.29 is 9.32 Å². The van der Waals surface area contributed by atoms with Crippen LogP contribution in [0, 0.1) is 6.92 Å². The van der Waals surface area contributed by atoms with Crippen molar-refractivity contribution in [3.8, 4) is 0 Å². The lowest BCUT2D eigenvalue weighted by Gasteiger charge is -2.30. The molecule has 1 unspecified atom stereocenters. The summed E-state index contributed by atoms with van der Waals surface area (Å²) in [4.78, 5) is 14.2. The predicted molar refractivity (Wildman–Crippen MR) is 63.7 cm³/mol. The number of piperidine rings is 1. The van der Waals surface area contributed by atoms with Crippen molar-refractivity contribution in [1.29, 1.82) is 0 Å². The summed E-state index contributed by atoms with van der Waals surface area (Å²) in [6.07, 6.45) is 2.65. The lowest BCUT2D eigenvalue weighted by molar-refractivity contribution is 0.0706. The molecule has 0 radical (unpaired) electrons. The van der Waals surface area contributed by atoms with Gasteiger partial charge < -0.3 is 15.2 Å². The van der Waals surface area contributed by atoms with E-state index in [1.807, 2.05) is 11.8 Å². The van der Waals surface area contributed by atoms with Crippen molar-refractivity contribution in [2.75, 3.05) is 13.1 Å². The maximum atomic E-state index is 12.4. The van der Waals surface area contributed by atoms with Crippen molar-refractivity contribution in [2.45, 2.75) is 39.2 Å². The summed E-state index contributed by atoms with van der Waals surface area (Å²) in [6.45, 7) is 5.17. The van der Waals surface area contributed by atoms with Crippen LogP contribution in [-0.2, 0) is 6.42 Å². The lowest BCUT2D eigenvalue weighted by Crippen LogP contribution is -2.46. The third kappa shape index (κ3) is 2.34. The van der Waals surface area contributed by atoms with E-state index in [2.05, 4.69) is 5.16 Å². The van der Waals surface area contributed by atoms with Crippen LogP contribution in [-0.4, -0.2) is 35.1 Å². The number of rotatable bonds is 2. The average Bonchev–Trinajstić information content (AvgIpc) is 2.69. The number of carbonyl (C=O) groups excluding carboxylic acids is 1. The number of hydrogen-bond donors (Lipinski definition) is 1. The Hall–Kier alpha value is -1.36. The van der Waals surface area contributed by atoms with Crippen LogP contribution < -0.4 is 5.73 Å². The summed E-state index contributed by atoms with van der Waals surface area (Å²) in [7, 11) is 0. The van der Waals surface area contributed by atoms with E-state index >= 15 is 0 Å². The van der Waals surface area contributed by atoms with Gasteiger partial charge in [0.15, 0.2) is 0 Å². The Kier molecular flexibility index (Phi) is 3.47. The molecular weight excluding hydrogens is 218 g/mol. The molecule has 1 aromatic rings. The van der Waals surface area contributed by atoms with E-state index in [0.29, 0.717) is 30.0 Å². The second kappa shape index (κ2) is 4.87. The molecule has 1 fully saturated rings. The van der Waals surface area contributed by atoms with Gasteiger partial charge in [0.1, 0.15) is 11.3 Å². The number of aryl methyl sites for hydroxylation is 2. The maximum Gasteiger partial charge on any atom is 0.259 e. The minimum Gasteiger partial charge on any atom is -0.360 e. The van der Waals surface area contributed by atoms with E-state index in [1.165, 1.54) is 0 Å². The fourth-order valence-electron chi connectivity index (χ4n) is 2.28. The van der Waals surface area contributed by atoms with Crippen LogP contribution >= 0.6 is 0 Å². The molecule has 0 spiro atoms. The highest BCUT2D eigenvalue weighted by Crippen LogP contribution is 2.19. The second-order valence-corrected chi connectivity index (χ2v) is 4.57. The third-order valence-electron chi connectivity index (χ3n) is 3.21.